The number of benzene rings is 1. The molecule has 1 heterocycles. The molecule has 19 heavy (non-hydrogen) atoms. The van der Waals surface area contributed by atoms with Crippen molar-refractivity contribution in [2.45, 2.75) is 50.6 Å². The Hall–Kier alpha value is -1.22. The lowest BCUT2D eigenvalue weighted by Crippen LogP contribution is -2.50. The van der Waals surface area contributed by atoms with E-state index in [9.17, 15) is 10.2 Å². The fraction of sp³-hybridized carbons (Fsp3) is 0.625. The molecule has 1 saturated carbocycles. The normalized spacial score (nSPS) is 30.7. The van der Waals surface area contributed by atoms with Crippen LogP contribution in [-0.4, -0.2) is 33.7 Å². The Balaban J connectivity index is 1.69. The largest absolute Gasteiger partial charge is 0.504 e. The Bertz CT molecular complexity index is 510. The lowest BCUT2D eigenvalue weighted by molar-refractivity contribution is 0.0773. The molecule has 2 atom stereocenters. The predicted octanol–water partition coefficient (Wildman–Crippen LogP) is 2.44. The Morgan fingerprint density at radius 3 is 2.68 bits per heavy atom. The Morgan fingerprint density at radius 1 is 1.05 bits per heavy atom. The van der Waals surface area contributed by atoms with Crippen LogP contribution in [0.1, 0.15) is 36.8 Å². The molecule has 1 aromatic rings. The Morgan fingerprint density at radius 2 is 1.89 bits per heavy atom. The number of phenols is 2. The number of phenolic OH excluding ortho intramolecular Hbond substituents is 2. The molecule has 3 heteroatoms. The number of likely N-dealkylation sites (tertiary alicyclic amines) is 1. The third-order valence-electron chi connectivity index (χ3n) is 5.23. The van der Waals surface area contributed by atoms with Crippen molar-refractivity contribution in [2.24, 2.45) is 5.92 Å². The number of hydrogen-bond acceptors (Lipinski definition) is 3. The molecule has 102 valence electrons. The maximum atomic E-state index is 10.1. The van der Waals surface area contributed by atoms with Gasteiger partial charge in [0.15, 0.2) is 11.5 Å². The molecule has 2 aliphatic carbocycles. The van der Waals surface area contributed by atoms with Crippen LogP contribution in [0.5, 0.6) is 11.5 Å². The lowest BCUT2D eigenvalue weighted by atomic mass is 9.75. The summed E-state index contributed by atoms with van der Waals surface area (Å²) in [7, 11) is 0. The van der Waals surface area contributed by atoms with E-state index in [1.807, 2.05) is 6.07 Å². The van der Waals surface area contributed by atoms with Crippen molar-refractivity contribution in [3.8, 4) is 11.5 Å². The number of hydrogen-bond donors (Lipinski definition) is 2. The molecule has 0 radical (unpaired) electrons. The second-order valence-electron chi connectivity index (χ2n) is 6.42. The van der Waals surface area contributed by atoms with E-state index < -0.39 is 0 Å². The molecule has 2 N–H and O–H groups in total. The highest BCUT2D eigenvalue weighted by atomic mass is 16.3. The Kier molecular flexibility index (Phi) is 2.52. The number of nitrogens with zero attached hydrogens (tertiary/aromatic N) is 1. The van der Waals surface area contributed by atoms with E-state index in [1.54, 1.807) is 6.07 Å². The average Bonchev–Trinajstić information content (AvgIpc) is 3.25. The maximum Gasteiger partial charge on any atom is 0.160 e. The van der Waals surface area contributed by atoms with Gasteiger partial charge in [0.2, 0.25) is 0 Å². The van der Waals surface area contributed by atoms with Crippen LogP contribution in [0.25, 0.3) is 0 Å². The molecule has 1 unspecified atom stereocenters. The van der Waals surface area contributed by atoms with Crippen LogP contribution < -0.4 is 0 Å². The summed E-state index contributed by atoms with van der Waals surface area (Å²) in [6, 6.07) is 5.14. The first-order valence-electron chi connectivity index (χ1n) is 7.52. The molecule has 2 fully saturated rings. The van der Waals surface area contributed by atoms with Gasteiger partial charge < -0.3 is 10.2 Å². The van der Waals surface area contributed by atoms with Crippen molar-refractivity contribution in [3.05, 3.63) is 23.3 Å². The molecule has 3 nitrogen and oxygen atoms in total. The van der Waals surface area contributed by atoms with Crippen LogP contribution in [-0.2, 0) is 12.8 Å². The second-order valence-corrected chi connectivity index (χ2v) is 6.42. The highest BCUT2D eigenvalue weighted by Crippen LogP contribution is 2.44. The summed E-state index contributed by atoms with van der Waals surface area (Å²) in [5.74, 6) is 0.820. The standard InChI is InChI=1S/C16H21NO2/c18-15-6-3-10-9-14-11(8-13(10)16(15)19)2-1-7-17(14)12-4-5-12/h3,6,11-12,14,18-19H,1-2,4-5,7-9H2/t11?,14-/m1/s1. The number of piperidine rings is 1. The molecular formula is C16H21NO2. The van der Waals surface area contributed by atoms with Crippen molar-refractivity contribution in [1.82, 2.24) is 4.90 Å². The van der Waals surface area contributed by atoms with E-state index in [1.165, 1.54) is 37.8 Å². The van der Waals surface area contributed by atoms with Crippen LogP contribution in [0.4, 0.5) is 0 Å². The topological polar surface area (TPSA) is 43.7 Å². The minimum absolute atomic E-state index is 0.0343. The molecule has 1 saturated heterocycles. The zero-order valence-corrected chi connectivity index (χ0v) is 11.2. The summed E-state index contributed by atoms with van der Waals surface area (Å²) in [6.07, 6.45) is 7.27. The zero-order valence-electron chi connectivity index (χ0n) is 11.2. The first-order valence-corrected chi connectivity index (χ1v) is 7.52. The van der Waals surface area contributed by atoms with Crippen LogP contribution in [0.2, 0.25) is 0 Å². The van der Waals surface area contributed by atoms with E-state index in [-0.39, 0.29) is 11.5 Å². The van der Waals surface area contributed by atoms with Crippen molar-refractivity contribution >= 4 is 0 Å². The molecule has 4 rings (SSSR count). The van der Waals surface area contributed by atoms with Gasteiger partial charge in [0.25, 0.3) is 0 Å². The zero-order chi connectivity index (χ0) is 13.0. The number of rotatable bonds is 1. The minimum Gasteiger partial charge on any atom is -0.504 e. The Labute approximate surface area is 113 Å². The van der Waals surface area contributed by atoms with Crippen LogP contribution in [0.15, 0.2) is 12.1 Å². The van der Waals surface area contributed by atoms with E-state index in [0.29, 0.717) is 12.0 Å². The molecule has 0 bridgehead atoms. The summed E-state index contributed by atoms with van der Waals surface area (Å²) in [4.78, 5) is 2.72. The van der Waals surface area contributed by atoms with Gasteiger partial charge in [-0.15, -0.1) is 0 Å². The lowest BCUT2D eigenvalue weighted by Gasteiger charge is -2.45. The van der Waals surface area contributed by atoms with Gasteiger partial charge in [-0.1, -0.05) is 6.07 Å². The van der Waals surface area contributed by atoms with Crippen molar-refractivity contribution in [2.75, 3.05) is 6.54 Å². The molecule has 1 aromatic carbocycles. The summed E-state index contributed by atoms with van der Waals surface area (Å²) < 4.78 is 0. The van der Waals surface area contributed by atoms with Gasteiger partial charge in [-0.05, 0) is 62.6 Å². The van der Waals surface area contributed by atoms with Crippen molar-refractivity contribution in [3.63, 3.8) is 0 Å². The van der Waals surface area contributed by atoms with E-state index in [2.05, 4.69) is 4.90 Å². The van der Waals surface area contributed by atoms with Gasteiger partial charge in [0, 0.05) is 17.6 Å². The van der Waals surface area contributed by atoms with Gasteiger partial charge >= 0.3 is 0 Å². The first kappa shape index (κ1) is 11.6. The highest BCUT2D eigenvalue weighted by molar-refractivity contribution is 5.50. The quantitative estimate of drug-likeness (QED) is 0.761. The fourth-order valence-corrected chi connectivity index (χ4v) is 4.12. The van der Waals surface area contributed by atoms with Gasteiger partial charge in [0.05, 0.1) is 0 Å². The summed E-state index contributed by atoms with van der Waals surface area (Å²) in [6.45, 7) is 1.26. The third-order valence-corrected chi connectivity index (χ3v) is 5.23. The molecule has 0 amide bonds. The smallest absolute Gasteiger partial charge is 0.160 e. The third kappa shape index (κ3) is 1.83. The molecule has 0 aromatic heterocycles. The first-order chi connectivity index (χ1) is 9.24. The van der Waals surface area contributed by atoms with Gasteiger partial charge in [-0.3, -0.25) is 4.90 Å². The van der Waals surface area contributed by atoms with Crippen LogP contribution in [0.3, 0.4) is 0 Å². The summed E-state index contributed by atoms with van der Waals surface area (Å²) in [5, 5.41) is 19.7. The molecule has 3 aliphatic rings. The van der Waals surface area contributed by atoms with Gasteiger partial charge in [-0.25, -0.2) is 0 Å². The van der Waals surface area contributed by atoms with E-state index in [0.717, 1.165) is 24.4 Å². The maximum absolute atomic E-state index is 10.1. The van der Waals surface area contributed by atoms with Crippen LogP contribution in [0, 0.1) is 5.92 Å². The fourth-order valence-electron chi connectivity index (χ4n) is 4.12. The monoisotopic (exact) mass is 259 g/mol. The second kappa shape index (κ2) is 4.14. The van der Waals surface area contributed by atoms with E-state index in [4.69, 9.17) is 0 Å². The van der Waals surface area contributed by atoms with Crippen molar-refractivity contribution in [1.29, 1.82) is 0 Å². The minimum atomic E-state index is 0.0343. The van der Waals surface area contributed by atoms with Gasteiger partial charge in [0.1, 0.15) is 0 Å². The van der Waals surface area contributed by atoms with Crippen molar-refractivity contribution < 1.29 is 10.2 Å². The number of fused-ring (bicyclic) bond motifs is 2. The molecular weight excluding hydrogens is 238 g/mol. The number of aromatic hydroxyl groups is 2. The average molecular weight is 259 g/mol. The van der Waals surface area contributed by atoms with E-state index >= 15 is 0 Å². The predicted molar refractivity (Wildman–Crippen MR) is 73.4 cm³/mol. The molecule has 0 spiro atoms. The van der Waals surface area contributed by atoms with Crippen LogP contribution >= 0.6 is 0 Å². The summed E-state index contributed by atoms with van der Waals surface area (Å²) in [5.41, 5.74) is 2.24. The SMILES string of the molecule is Oc1ccc2c(c1O)CC1CCCN(C3CC3)[C@@H]1C2. The molecule has 1 aliphatic heterocycles. The summed E-state index contributed by atoms with van der Waals surface area (Å²) >= 11 is 0. The van der Waals surface area contributed by atoms with Gasteiger partial charge in [-0.2, -0.15) is 0 Å². The highest BCUT2D eigenvalue weighted by Gasteiger charge is 2.42.